The largest absolute Gasteiger partial charge is 0.460 e. The standard InChI is InChI=1S/C10H15NO3.C6H11NO2.C4H4ClO.C4H10O.C3H3ClO.2ClH/c1-5-9(12)11(4)6-7-14-10(13)8(2)3;1-3-6(9)7(2)4-5-8;1-3(2)4(5)6;1-2-3-4-5;1-2-3(4)5;;/h5H,1-2,6-7H2,3-4H3;3,8H,1,4-5H2,2H3;1H,2H3;5H,2-4H2,1H3;2H,1H2;2*1H/q;;+1;;;;. The van der Waals surface area contributed by atoms with Crippen LogP contribution in [0.4, 0.5) is 0 Å². The molecule has 0 unspecified atom stereocenters. The van der Waals surface area contributed by atoms with Gasteiger partial charge in [-0.3, -0.25) is 14.4 Å². The van der Waals surface area contributed by atoms with Gasteiger partial charge in [0.1, 0.15) is 6.61 Å². The first-order chi connectivity index (χ1) is 18.0. The van der Waals surface area contributed by atoms with Gasteiger partial charge in [-0.25, -0.2) is 4.79 Å². The van der Waals surface area contributed by atoms with E-state index in [9.17, 15) is 24.0 Å². The normalized spacial score (nSPS) is 7.90. The maximum absolute atomic E-state index is 11.0. The van der Waals surface area contributed by atoms with Crippen molar-refractivity contribution in [1.29, 1.82) is 0 Å². The summed E-state index contributed by atoms with van der Waals surface area (Å²) in [6, 6.07) is 0. The fraction of sp³-hybridized carbons (Fsp3) is 0.444. The molecule has 2 N–H and O–H groups in total. The zero-order valence-electron chi connectivity index (χ0n) is 24.4. The molecule has 0 aliphatic rings. The molecular weight excluding hydrogens is 622 g/mol. The quantitative estimate of drug-likeness (QED) is 0.137. The van der Waals surface area contributed by atoms with Crippen LogP contribution in [0.3, 0.4) is 0 Å². The minimum absolute atomic E-state index is 0. The second-order valence-electron chi connectivity index (χ2n) is 7.11. The number of rotatable bonds is 12. The van der Waals surface area contributed by atoms with Crippen LogP contribution in [-0.2, 0) is 28.7 Å². The zero-order chi connectivity index (χ0) is 32.0. The second kappa shape index (κ2) is 39.6. The summed E-state index contributed by atoms with van der Waals surface area (Å²) < 4.78 is 4.80. The lowest BCUT2D eigenvalue weighted by atomic mass is 10.4. The van der Waals surface area contributed by atoms with Gasteiger partial charge in [0, 0.05) is 39.7 Å². The Balaban J connectivity index is -0.0000000746. The molecule has 2 amide bonds. The first kappa shape index (κ1) is 54.5. The van der Waals surface area contributed by atoms with Gasteiger partial charge in [0.2, 0.25) is 22.6 Å². The van der Waals surface area contributed by atoms with Crippen LogP contribution in [0, 0.1) is 6.58 Å². The minimum atomic E-state index is -0.574. The summed E-state index contributed by atoms with van der Waals surface area (Å²) in [5.41, 5.74) is 0.486. The Morgan fingerprint density at radius 1 is 0.854 bits per heavy atom. The molecule has 0 aliphatic carbocycles. The highest BCUT2D eigenvalue weighted by Gasteiger charge is 2.07. The molecule has 0 aromatic carbocycles. The smallest absolute Gasteiger partial charge is 0.402 e. The van der Waals surface area contributed by atoms with Crippen molar-refractivity contribution in [3.05, 3.63) is 62.3 Å². The molecule has 0 aromatic heterocycles. The first-order valence-electron chi connectivity index (χ1n) is 11.4. The van der Waals surface area contributed by atoms with Crippen molar-refractivity contribution in [3.8, 4) is 0 Å². The molecule has 0 aromatic rings. The third-order valence-corrected chi connectivity index (χ3v) is 3.98. The van der Waals surface area contributed by atoms with E-state index < -0.39 is 16.5 Å². The summed E-state index contributed by atoms with van der Waals surface area (Å²) in [7, 11) is 3.22. The molecule has 41 heavy (non-hydrogen) atoms. The maximum Gasteiger partial charge on any atom is 0.402 e. The number of halogens is 4. The van der Waals surface area contributed by atoms with Crippen molar-refractivity contribution in [1.82, 2.24) is 9.80 Å². The second-order valence-corrected chi connectivity index (χ2v) is 7.83. The number of esters is 1. The van der Waals surface area contributed by atoms with Crippen molar-refractivity contribution in [2.24, 2.45) is 0 Å². The van der Waals surface area contributed by atoms with Gasteiger partial charge in [-0.1, -0.05) is 39.7 Å². The number of carbonyl (C=O) groups excluding carboxylic acids is 5. The summed E-state index contributed by atoms with van der Waals surface area (Å²) in [5.74, 6) is -0.801. The van der Waals surface area contributed by atoms with E-state index in [1.54, 1.807) is 21.0 Å². The molecule has 0 spiro atoms. The predicted molar refractivity (Wildman–Crippen MR) is 170 cm³/mol. The number of nitrogens with zero attached hydrogens (tertiary/aromatic N) is 2. The third-order valence-electron chi connectivity index (χ3n) is 3.53. The molecule has 0 bridgehead atoms. The van der Waals surface area contributed by atoms with E-state index in [2.05, 4.69) is 33.2 Å². The van der Waals surface area contributed by atoms with Crippen LogP contribution in [0.1, 0.15) is 33.6 Å². The number of ether oxygens (including phenoxy) is 1. The highest BCUT2D eigenvalue weighted by molar-refractivity contribution is 6.67. The Morgan fingerprint density at radius 3 is 1.41 bits per heavy atom. The molecule has 238 valence electrons. The predicted octanol–water partition coefficient (Wildman–Crippen LogP) is 4.06. The van der Waals surface area contributed by atoms with Gasteiger partial charge < -0.3 is 24.7 Å². The lowest BCUT2D eigenvalue weighted by molar-refractivity contribution is -0.140. The maximum atomic E-state index is 11.0. The van der Waals surface area contributed by atoms with Crippen molar-refractivity contribution >= 4 is 76.3 Å². The van der Waals surface area contributed by atoms with E-state index in [0.717, 1.165) is 18.9 Å². The topological polar surface area (TPSA) is 142 Å². The van der Waals surface area contributed by atoms with Crippen LogP contribution >= 0.6 is 48.0 Å². The number of hydrogen-bond donors (Lipinski definition) is 2. The fourth-order valence-electron chi connectivity index (χ4n) is 1.24. The molecule has 14 heteroatoms. The summed E-state index contributed by atoms with van der Waals surface area (Å²) in [6.45, 7) is 24.3. The van der Waals surface area contributed by atoms with Crippen LogP contribution in [0.5, 0.6) is 0 Å². The summed E-state index contributed by atoms with van der Waals surface area (Å²) in [5, 5.41) is 15.3. The molecule has 0 fully saturated rings. The van der Waals surface area contributed by atoms with Gasteiger partial charge in [-0.2, -0.15) is 4.79 Å². The number of allylic oxidation sites excluding steroid dienone is 2. The number of carbonyl (C=O) groups is 5. The molecule has 0 rings (SSSR count). The Morgan fingerprint density at radius 2 is 1.22 bits per heavy atom. The number of likely N-dealkylation sites (N-methyl/N-ethyl adjacent to an activating group) is 2. The van der Waals surface area contributed by atoms with Crippen LogP contribution in [0.15, 0.2) is 55.7 Å². The number of unbranched alkanes of at least 4 members (excludes halogenated alkanes) is 1. The molecule has 0 atom stereocenters. The fourth-order valence-corrected chi connectivity index (χ4v) is 1.24. The lowest BCUT2D eigenvalue weighted by Crippen LogP contribution is -2.29. The van der Waals surface area contributed by atoms with Gasteiger partial charge in [0.25, 0.3) is 0 Å². The molecule has 0 aliphatic heterocycles. The Bertz CT molecular complexity index is 792. The lowest BCUT2D eigenvalue weighted by Gasteiger charge is -2.14. The Labute approximate surface area is 267 Å². The minimum Gasteiger partial charge on any atom is -0.460 e. The van der Waals surface area contributed by atoms with Gasteiger partial charge in [-0.05, 0) is 43.2 Å². The van der Waals surface area contributed by atoms with Gasteiger partial charge in [0.15, 0.2) is 0 Å². The molecular formula is C27H45Cl4N2O8+. The third kappa shape index (κ3) is 50.7. The highest BCUT2D eigenvalue weighted by Crippen LogP contribution is 1.93. The van der Waals surface area contributed by atoms with Crippen LogP contribution in [0.2, 0.25) is 0 Å². The number of aliphatic hydroxyl groups is 2. The van der Waals surface area contributed by atoms with Crippen LogP contribution in [0.25, 0.3) is 0 Å². The summed E-state index contributed by atoms with van der Waals surface area (Å²) in [4.78, 5) is 54.5. The molecule has 0 saturated heterocycles. The van der Waals surface area contributed by atoms with Crippen molar-refractivity contribution in [2.75, 3.05) is 47.0 Å². The summed E-state index contributed by atoms with van der Waals surface area (Å²) in [6.07, 6.45) is 5.51. The van der Waals surface area contributed by atoms with E-state index >= 15 is 0 Å². The summed E-state index contributed by atoms with van der Waals surface area (Å²) >= 11 is 9.52. The van der Waals surface area contributed by atoms with Gasteiger partial charge >= 0.3 is 11.2 Å². The SMILES string of the molecule is C=CC(=O)Cl.C=CC(=O)N(C)CCO.C=CC(=O)N(C)CCOC(=O)C(=C)C.CCCCO.Cl.Cl.[CH+]=C(C)C(=O)Cl. The Kier molecular flexibility index (Phi) is 52.6. The van der Waals surface area contributed by atoms with Crippen molar-refractivity contribution in [3.63, 3.8) is 0 Å². The monoisotopic (exact) mass is 665 g/mol. The molecule has 10 nitrogen and oxygen atoms in total. The number of hydrogen-bond acceptors (Lipinski definition) is 8. The van der Waals surface area contributed by atoms with E-state index in [1.807, 2.05) is 0 Å². The molecule has 0 heterocycles. The van der Waals surface area contributed by atoms with Crippen LogP contribution in [-0.4, -0.2) is 95.3 Å². The van der Waals surface area contributed by atoms with Gasteiger partial charge in [0.05, 0.1) is 31.3 Å². The van der Waals surface area contributed by atoms with Crippen molar-refractivity contribution < 1.29 is 38.9 Å². The van der Waals surface area contributed by atoms with Gasteiger partial charge in [-0.15, -0.1) is 24.8 Å². The average Bonchev–Trinajstić information content (AvgIpc) is 2.89. The van der Waals surface area contributed by atoms with E-state index in [-0.39, 0.29) is 55.4 Å². The zero-order valence-corrected chi connectivity index (χ0v) is 27.5. The number of aliphatic hydroxyl groups excluding tert-OH is 2. The van der Waals surface area contributed by atoms with E-state index in [4.69, 9.17) is 44.7 Å². The van der Waals surface area contributed by atoms with E-state index in [1.165, 1.54) is 28.9 Å². The molecule has 0 radical (unpaired) electrons. The van der Waals surface area contributed by atoms with Crippen molar-refractivity contribution in [2.45, 2.75) is 33.6 Å². The van der Waals surface area contributed by atoms with E-state index in [0.29, 0.717) is 25.3 Å². The average molecular weight is 667 g/mol. The highest BCUT2D eigenvalue weighted by atomic mass is 35.5. The number of amides is 2. The Hall–Kier alpha value is -2.56. The molecule has 0 saturated carbocycles. The van der Waals surface area contributed by atoms with Crippen LogP contribution < -0.4 is 0 Å². The first-order valence-corrected chi connectivity index (χ1v) is 12.2.